The monoisotopic (exact) mass is 676 g/mol. The number of piperidine rings is 1. The lowest BCUT2D eigenvalue weighted by molar-refractivity contribution is -0.134. The van der Waals surface area contributed by atoms with Crippen LogP contribution in [0.4, 0.5) is 0 Å². The molecular formula is C30H34BrClN4O3S2. The fourth-order valence-electron chi connectivity index (χ4n) is 6.44. The summed E-state index contributed by atoms with van der Waals surface area (Å²) < 4.78 is 28.3. The zero-order chi connectivity index (χ0) is 28.6. The van der Waals surface area contributed by atoms with Crippen LogP contribution in [-0.4, -0.2) is 72.7 Å². The Kier molecular flexibility index (Phi) is 8.87. The first-order valence-corrected chi connectivity index (χ1v) is 17.9. The molecule has 1 amide bonds. The Labute approximate surface area is 259 Å². The van der Waals surface area contributed by atoms with E-state index in [9.17, 15) is 13.2 Å². The van der Waals surface area contributed by atoms with Crippen LogP contribution in [0, 0.1) is 5.92 Å². The maximum atomic E-state index is 13.3. The van der Waals surface area contributed by atoms with Gasteiger partial charge in [0.25, 0.3) is 0 Å². The number of hydrogen-bond acceptors (Lipinski definition) is 6. The van der Waals surface area contributed by atoms with Gasteiger partial charge in [-0.3, -0.25) is 14.7 Å². The first-order valence-electron chi connectivity index (χ1n) is 14.2. The standard InChI is InChI=1S/C30H34BrClN4O3S2/c31-24-17-23-4-3-22-18-25(32)5-6-27(22)30(29(23)33-19-24)35-13-11-34(12-14-35)28(37)16-21-7-9-36(10-8-21)41(38,39)20-26-2-1-15-40-26/h1-2,5-6,15,17-19,21,30H,3-4,7-14,16,20H2/t30-/m1/s1. The number of hydrogen-bond donors (Lipinski definition) is 0. The molecule has 218 valence electrons. The van der Waals surface area contributed by atoms with Gasteiger partial charge in [-0.2, -0.15) is 0 Å². The number of amides is 1. The van der Waals surface area contributed by atoms with Gasteiger partial charge < -0.3 is 4.90 Å². The van der Waals surface area contributed by atoms with Crippen molar-refractivity contribution >= 4 is 54.8 Å². The number of rotatable bonds is 6. The van der Waals surface area contributed by atoms with Crippen molar-refractivity contribution in [3.8, 4) is 0 Å². The number of nitrogens with zero attached hydrogens (tertiary/aromatic N) is 4. The Morgan fingerprint density at radius 2 is 1.78 bits per heavy atom. The summed E-state index contributed by atoms with van der Waals surface area (Å²) in [6.07, 6.45) is 5.67. The van der Waals surface area contributed by atoms with E-state index in [2.05, 4.69) is 39.0 Å². The topological polar surface area (TPSA) is 73.8 Å². The number of aryl methyl sites for hydroxylation is 2. The van der Waals surface area contributed by atoms with Crippen LogP contribution in [-0.2, 0) is 33.4 Å². The first kappa shape index (κ1) is 29.3. The van der Waals surface area contributed by atoms with Crippen LogP contribution in [0.5, 0.6) is 0 Å². The summed E-state index contributed by atoms with van der Waals surface area (Å²) in [7, 11) is -3.32. The molecule has 41 heavy (non-hydrogen) atoms. The number of piperazine rings is 1. The maximum Gasteiger partial charge on any atom is 0.222 e. The van der Waals surface area contributed by atoms with Crippen molar-refractivity contribution in [2.75, 3.05) is 39.3 Å². The van der Waals surface area contributed by atoms with Gasteiger partial charge in [-0.05, 0) is 93.9 Å². The summed E-state index contributed by atoms with van der Waals surface area (Å²) in [5, 5.41) is 2.66. The van der Waals surface area contributed by atoms with Crippen LogP contribution in [0.25, 0.3) is 0 Å². The molecule has 0 unspecified atom stereocenters. The average Bonchev–Trinajstić information content (AvgIpc) is 3.41. The quantitative estimate of drug-likeness (QED) is 0.344. The molecule has 2 fully saturated rings. The van der Waals surface area contributed by atoms with Gasteiger partial charge in [0.15, 0.2) is 0 Å². The number of pyridine rings is 1. The van der Waals surface area contributed by atoms with E-state index in [1.54, 1.807) is 4.31 Å². The number of carbonyl (C=O) groups excluding carboxylic acids is 1. The fraction of sp³-hybridized carbons (Fsp3) is 0.467. The third-order valence-corrected chi connectivity index (χ3v) is 12.2. The minimum atomic E-state index is -3.32. The molecule has 7 nitrogen and oxygen atoms in total. The van der Waals surface area contributed by atoms with Crippen LogP contribution in [0.2, 0.25) is 5.02 Å². The number of carbonyl (C=O) groups is 1. The molecule has 0 radical (unpaired) electrons. The molecule has 1 aromatic carbocycles. The molecule has 1 atom stereocenters. The summed E-state index contributed by atoms with van der Waals surface area (Å²) >= 11 is 11.4. The van der Waals surface area contributed by atoms with Gasteiger partial charge in [0.1, 0.15) is 0 Å². The largest absolute Gasteiger partial charge is 0.340 e. The van der Waals surface area contributed by atoms with Crippen LogP contribution in [0.3, 0.4) is 0 Å². The van der Waals surface area contributed by atoms with Crippen molar-refractivity contribution in [2.45, 2.75) is 43.9 Å². The number of benzene rings is 1. The molecule has 4 heterocycles. The molecule has 0 bridgehead atoms. The average molecular weight is 678 g/mol. The number of halogens is 2. The minimum Gasteiger partial charge on any atom is -0.340 e. The van der Waals surface area contributed by atoms with E-state index in [0.717, 1.165) is 58.8 Å². The summed E-state index contributed by atoms with van der Waals surface area (Å²) in [4.78, 5) is 23.5. The van der Waals surface area contributed by atoms with E-state index in [1.807, 2.05) is 34.7 Å². The highest BCUT2D eigenvalue weighted by atomic mass is 79.9. The Balaban J connectivity index is 1.07. The SMILES string of the molecule is O=C(CC1CCN(S(=O)(=O)Cc2cccs2)CC1)N1CCN([C@@H]2c3ccc(Cl)cc3CCc3cc(Br)cnc32)CC1. The predicted molar refractivity (Wildman–Crippen MR) is 167 cm³/mol. The second-order valence-corrected chi connectivity index (χ2v) is 15.6. The molecule has 0 N–H and O–H groups in total. The molecule has 3 aliphatic rings. The highest BCUT2D eigenvalue weighted by molar-refractivity contribution is 9.10. The Morgan fingerprint density at radius 3 is 2.51 bits per heavy atom. The molecule has 0 spiro atoms. The number of thiophene rings is 1. The summed E-state index contributed by atoms with van der Waals surface area (Å²) in [6, 6.07) is 12.2. The van der Waals surface area contributed by atoms with Crippen molar-refractivity contribution in [3.63, 3.8) is 0 Å². The van der Waals surface area contributed by atoms with Crippen LogP contribution < -0.4 is 0 Å². The van der Waals surface area contributed by atoms with Crippen molar-refractivity contribution in [1.82, 2.24) is 19.1 Å². The van der Waals surface area contributed by atoms with E-state index in [1.165, 1.54) is 28.0 Å². The second kappa shape index (κ2) is 12.4. The molecule has 11 heteroatoms. The van der Waals surface area contributed by atoms with E-state index < -0.39 is 10.0 Å². The maximum absolute atomic E-state index is 13.3. The smallest absolute Gasteiger partial charge is 0.222 e. The van der Waals surface area contributed by atoms with Gasteiger partial charge in [-0.25, -0.2) is 12.7 Å². The molecular weight excluding hydrogens is 644 g/mol. The number of sulfonamides is 1. The van der Waals surface area contributed by atoms with Crippen molar-refractivity contribution in [3.05, 3.63) is 84.7 Å². The summed E-state index contributed by atoms with van der Waals surface area (Å²) in [5.41, 5.74) is 4.86. The third-order valence-electron chi connectivity index (χ3n) is 8.66. The normalized spacial score (nSPS) is 20.8. The highest BCUT2D eigenvalue weighted by Crippen LogP contribution is 2.38. The van der Waals surface area contributed by atoms with Crippen molar-refractivity contribution < 1.29 is 13.2 Å². The van der Waals surface area contributed by atoms with Gasteiger partial charge >= 0.3 is 0 Å². The van der Waals surface area contributed by atoms with Crippen LogP contribution in [0.1, 0.15) is 52.6 Å². The summed E-state index contributed by atoms with van der Waals surface area (Å²) in [5.74, 6) is 0.468. The molecule has 0 saturated carbocycles. The number of fused-ring (bicyclic) bond motifs is 2. The second-order valence-electron chi connectivity index (χ2n) is 11.2. The highest BCUT2D eigenvalue weighted by Gasteiger charge is 2.35. The Hall–Kier alpha value is -1.82. The zero-order valence-corrected chi connectivity index (χ0v) is 26.8. The van der Waals surface area contributed by atoms with Crippen molar-refractivity contribution in [2.24, 2.45) is 5.92 Å². The molecule has 3 aromatic rings. The van der Waals surface area contributed by atoms with Crippen molar-refractivity contribution in [1.29, 1.82) is 0 Å². The van der Waals surface area contributed by atoms with E-state index in [-0.39, 0.29) is 23.6 Å². The molecule has 6 rings (SSSR count). The number of aromatic nitrogens is 1. The fourth-order valence-corrected chi connectivity index (χ4v) is 9.63. The van der Waals surface area contributed by atoms with Gasteiger partial charge in [0.2, 0.25) is 15.9 Å². The van der Waals surface area contributed by atoms with Gasteiger partial charge in [0, 0.05) is 66.3 Å². The lowest BCUT2D eigenvalue weighted by Crippen LogP contribution is -2.50. The lowest BCUT2D eigenvalue weighted by atomic mass is 9.93. The lowest BCUT2D eigenvalue weighted by Gasteiger charge is -2.40. The van der Waals surface area contributed by atoms with E-state index in [0.29, 0.717) is 32.6 Å². The van der Waals surface area contributed by atoms with Gasteiger partial charge in [-0.15, -0.1) is 11.3 Å². The Bertz CT molecular complexity index is 1450. The predicted octanol–water partition coefficient (Wildman–Crippen LogP) is 5.52. The molecule has 2 aliphatic heterocycles. The molecule has 2 saturated heterocycles. The van der Waals surface area contributed by atoms with E-state index >= 15 is 0 Å². The summed E-state index contributed by atoms with van der Waals surface area (Å²) in [6.45, 7) is 3.89. The van der Waals surface area contributed by atoms with Crippen LogP contribution in [0.15, 0.2) is 52.4 Å². The Morgan fingerprint density at radius 1 is 1.02 bits per heavy atom. The third kappa shape index (κ3) is 6.58. The first-order chi connectivity index (χ1) is 19.8. The van der Waals surface area contributed by atoms with Gasteiger partial charge in [0.05, 0.1) is 17.5 Å². The zero-order valence-electron chi connectivity index (χ0n) is 22.8. The van der Waals surface area contributed by atoms with Crippen LogP contribution >= 0.6 is 38.9 Å². The molecule has 1 aliphatic carbocycles. The van der Waals surface area contributed by atoms with Gasteiger partial charge in [-0.1, -0.05) is 23.7 Å². The minimum absolute atomic E-state index is 0.0329. The van der Waals surface area contributed by atoms with E-state index in [4.69, 9.17) is 16.6 Å². The molecule has 2 aromatic heterocycles.